The van der Waals surface area contributed by atoms with Crippen LogP contribution in [0, 0.1) is 18.8 Å². The Hall–Kier alpha value is -2.34. The summed E-state index contributed by atoms with van der Waals surface area (Å²) in [6.45, 7) is 10.8. The van der Waals surface area contributed by atoms with E-state index in [-0.39, 0.29) is 5.91 Å². The Morgan fingerprint density at radius 1 is 1.06 bits per heavy atom. The fourth-order valence-corrected chi connectivity index (χ4v) is 5.02. The summed E-state index contributed by atoms with van der Waals surface area (Å²) in [6.07, 6.45) is 4.53. The van der Waals surface area contributed by atoms with E-state index in [2.05, 4.69) is 26.1 Å². The van der Waals surface area contributed by atoms with Gasteiger partial charge in [-0.05, 0) is 67.3 Å². The SMILES string of the molecule is CC.CC.COc1cc(NC=O)ccc1C.O=C1c2cccc(Br)c2CN1C1CC2CC2C1. The molecule has 0 aromatic heterocycles. The number of hydrogen-bond acceptors (Lipinski definition) is 3. The van der Waals surface area contributed by atoms with Crippen LogP contribution in [0.2, 0.25) is 0 Å². The van der Waals surface area contributed by atoms with Gasteiger partial charge in [0.1, 0.15) is 5.75 Å². The third kappa shape index (κ3) is 6.38. The van der Waals surface area contributed by atoms with Crippen molar-refractivity contribution in [2.75, 3.05) is 12.4 Å². The van der Waals surface area contributed by atoms with Crippen LogP contribution >= 0.6 is 15.9 Å². The quantitative estimate of drug-likeness (QED) is 0.453. The number of anilines is 1. The lowest BCUT2D eigenvalue weighted by molar-refractivity contribution is -0.105. The molecule has 1 N–H and O–H groups in total. The van der Waals surface area contributed by atoms with Gasteiger partial charge in [0.2, 0.25) is 6.41 Å². The lowest BCUT2D eigenvalue weighted by atomic mass is 10.1. The van der Waals surface area contributed by atoms with Crippen molar-refractivity contribution in [2.24, 2.45) is 11.8 Å². The molecule has 3 aliphatic rings. The highest BCUT2D eigenvalue weighted by atomic mass is 79.9. The van der Waals surface area contributed by atoms with Crippen LogP contribution in [-0.4, -0.2) is 30.4 Å². The minimum atomic E-state index is 0.243. The Bertz CT molecular complexity index is 937. The number of halogens is 1. The maximum atomic E-state index is 12.4. The number of methoxy groups -OCH3 is 1. The zero-order chi connectivity index (χ0) is 24.5. The Kier molecular flexibility index (Phi) is 10.4. The second-order valence-electron chi connectivity index (χ2n) is 8.03. The van der Waals surface area contributed by atoms with E-state index in [0.29, 0.717) is 12.5 Å². The summed E-state index contributed by atoms with van der Waals surface area (Å²) in [5, 5.41) is 2.55. The van der Waals surface area contributed by atoms with Crippen molar-refractivity contribution >= 4 is 33.9 Å². The number of amides is 2. The number of carbonyl (C=O) groups excluding carboxylic acids is 2. The fourth-order valence-electron chi connectivity index (χ4n) is 4.53. The summed E-state index contributed by atoms with van der Waals surface area (Å²) in [7, 11) is 1.60. The molecule has 2 fully saturated rings. The molecule has 6 heteroatoms. The van der Waals surface area contributed by atoms with Gasteiger partial charge in [0.25, 0.3) is 5.91 Å². The van der Waals surface area contributed by atoms with Crippen LogP contribution in [0.3, 0.4) is 0 Å². The van der Waals surface area contributed by atoms with Crippen molar-refractivity contribution in [1.29, 1.82) is 0 Å². The van der Waals surface area contributed by atoms with Crippen molar-refractivity contribution in [3.63, 3.8) is 0 Å². The van der Waals surface area contributed by atoms with Gasteiger partial charge in [-0.2, -0.15) is 0 Å². The van der Waals surface area contributed by atoms with Crippen LogP contribution in [0.4, 0.5) is 5.69 Å². The van der Waals surface area contributed by atoms with E-state index in [9.17, 15) is 9.59 Å². The summed E-state index contributed by atoms with van der Waals surface area (Å²) in [6, 6.07) is 11.9. The highest BCUT2D eigenvalue weighted by Gasteiger charge is 2.49. The van der Waals surface area contributed by atoms with Crippen LogP contribution in [0.15, 0.2) is 40.9 Å². The lowest BCUT2D eigenvalue weighted by Crippen LogP contribution is -2.34. The minimum absolute atomic E-state index is 0.243. The number of hydrogen-bond donors (Lipinski definition) is 1. The van der Waals surface area contributed by atoms with Crippen LogP contribution in [-0.2, 0) is 11.3 Å². The number of carbonyl (C=O) groups is 2. The molecule has 5 nitrogen and oxygen atoms in total. The van der Waals surface area contributed by atoms with E-state index < -0.39 is 0 Å². The third-order valence-electron chi connectivity index (χ3n) is 6.23. The molecule has 2 amide bonds. The molecule has 1 heterocycles. The van der Waals surface area contributed by atoms with Crippen LogP contribution in [0.1, 0.15) is 68.4 Å². The standard InChI is InChI=1S/C14H14BrNO.C9H11NO2.2C2H6/c15-13-3-1-2-11-12(13)7-16(14(11)17)10-5-8-4-9(8)6-10;1-7-3-4-8(10-6-11)5-9(7)12-2;2*1-2/h1-3,8-10H,4-7H2;3-6H,1-2H3,(H,10,11);2*1-2H3. The minimum Gasteiger partial charge on any atom is -0.496 e. The summed E-state index contributed by atoms with van der Waals surface area (Å²) in [5.74, 6) is 2.88. The van der Waals surface area contributed by atoms with E-state index in [4.69, 9.17) is 4.74 Å². The van der Waals surface area contributed by atoms with E-state index in [1.807, 2.05) is 65.0 Å². The zero-order valence-electron chi connectivity index (χ0n) is 20.7. The molecule has 0 bridgehead atoms. The monoisotopic (exact) mass is 516 g/mol. The smallest absolute Gasteiger partial charge is 0.254 e. The van der Waals surface area contributed by atoms with Crippen molar-refractivity contribution in [2.45, 2.75) is 66.5 Å². The predicted octanol–water partition coefficient (Wildman–Crippen LogP) is 6.83. The molecule has 180 valence electrons. The Balaban J connectivity index is 0.000000214. The summed E-state index contributed by atoms with van der Waals surface area (Å²) in [5.41, 5.74) is 3.87. The summed E-state index contributed by atoms with van der Waals surface area (Å²) >= 11 is 3.55. The number of fused-ring (bicyclic) bond motifs is 2. The number of benzene rings is 2. The first kappa shape index (κ1) is 26.9. The summed E-state index contributed by atoms with van der Waals surface area (Å²) < 4.78 is 6.15. The van der Waals surface area contributed by atoms with E-state index in [0.717, 1.165) is 45.4 Å². The largest absolute Gasteiger partial charge is 0.496 e. The molecule has 2 aromatic carbocycles. The van der Waals surface area contributed by atoms with Gasteiger partial charge in [0, 0.05) is 34.4 Å². The van der Waals surface area contributed by atoms with Crippen molar-refractivity contribution in [3.8, 4) is 5.75 Å². The van der Waals surface area contributed by atoms with Gasteiger partial charge in [0.05, 0.1) is 7.11 Å². The molecule has 5 rings (SSSR count). The molecule has 2 unspecified atom stereocenters. The second kappa shape index (κ2) is 12.8. The van der Waals surface area contributed by atoms with E-state index in [1.165, 1.54) is 24.8 Å². The topological polar surface area (TPSA) is 58.6 Å². The van der Waals surface area contributed by atoms with Gasteiger partial charge in [0.15, 0.2) is 0 Å². The highest BCUT2D eigenvalue weighted by Crippen LogP contribution is 2.54. The number of nitrogens with zero attached hydrogens (tertiary/aromatic N) is 1. The predicted molar refractivity (Wildman–Crippen MR) is 139 cm³/mol. The number of ether oxygens (including phenoxy) is 1. The van der Waals surface area contributed by atoms with Crippen molar-refractivity contribution < 1.29 is 14.3 Å². The number of nitrogens with one attached hydrogen (secondary N) is 1. The average Bonchev–Trinajstić information content (AvgIpc) is 3.30. The van der Waals surface area contributed by atoms with Gasteiger partial charge < -0.3 is 15.0 Å². The van der Waals surface area contributed by atoms with Gasteiger partial charge in [-0.25, -0.2) is 0 Å². The van der Waals surface area contributed by atoms with Crippen LogP contribution in [0.5, 0.6) is 5.75 Å². The average molecular weight is 518 g/mol. The Morgan fingerprint density at radius 2 is 1.73 bits per heavy atom. The van der Waals surface area contributed by atoms with E-state index in [1.54, 1.807) is 13.2 Å². The fraction of sp³-hybridized carbons (Fsp3) is 0.481. The van der Waals surface area contributed by atoms with Crippen molar-refractivity contribution in [1.82, 2.24) is 4.90 Å². The molecule has 2 aliphatic carbocycles. The molecule has 0 saturated heterocycles. The molecule has 0 spiro atoms. The maximum Gasteiger partial charge on any atom is 0.254 e. The van der Waals surface area contributed by atoms with Crippen molar-refractivity contribution in [3.05, 3.63) is 57.6 Å². The normalized spacial score (nSPS) is 21.1. The number of aryl methyl sites for hydroxylation is 1. The summed E-state index contributed by atoms with van der Waals surface area (Å²) in [4.78, 5) is 24.6. The van der Waals surface area contributed by atoms with Crippen LogP contribution in [0.25, 0.3) is 0 Å². The first-order chi connectivity index (χ1) is 16.0. The third-order valence-corrected chi connectivity index (χ3v) is 6.97. The maximum absolute atomic E-state index is 12.4. The Labute approximate surface area is 207 Å². The zero-order valence-corrected chi connectivity index (χ0v) is 22.2. The molecule has 33 heavy (non-hydrogen) atoms. The first-order valence-corrected chi connectivity index (χ1v) is 12.7. The molecule has 2 aromatic rings. The van der Waals surface area contributed by atoms with Gasteiger partial charge in [-0.15, -0.1) is 0 Å². The second-order valence-corrected chi connectivity index (χ2v) is 8.88. The first-order valence-electron chi connectivity index (χ1n) is 11.9. The molecule has 2 saturated carbocycles. The highest BCUT2D eigenvalue weighted by molar-refractivity contribution is 9.10. The molecular weight excluding hydrogens is 480 g/mol. The number of rotatable bonds is 4. The van der Waals surface area contributed by atoms with E-state index >= 15 is 0 Å². The lowest BCUT2D eigenvalue weighted by Gasteiger charge is -2.25. The molecule has 0 radical (unpaired) electrons. The molecule has 2 atom stereocenters. The molecule has 1 aliphatic heterocycles. The molecular formula is C27H37BrN2O3. The van der Waals surface area contributed by atoms with Gasteiger partial charge in [-0.1, -0.05) is 55.8 Å². The van der Waals surface area contributed by atoms with Gasteiger partial charge in [-0.3, -0.25) is 9.59 Å². The van der Waals surface area contributed by atoms with Gasteiger partial charge >= 0.3 is 0 Å². The van der Waals surface area contributed by atoms with Crippen LogP contribution < -0.4 is 10.1 Å². The Morgan fingerprint density at radius 3 is 2.30 bits per heavy atom.